The first-order chi connectivity index (χ1) is 6.72. The Morgan fingerprint density at radius 1 is 1.43 bits per heavy atom. The molecule has 0 atom stereocenters. The van der Waals surface area contributed by atoms with Crippen molar-refractivity contribution in [1.29, 1.82) is 5.26 Å². The fourth-order valence-corrected chi connectivity index (χ4v) is 2.67. The molecule has 0 aliphatic carbocycles. The molecule has 0 N–H and O–H groups in total. The summed E-state index contributed by atoms with van der Waals surface area (Å²) in [7, 11) is 0. The normalized spacial score (nSPS) is 11.4. The zero-order valence-electron chi connectivity index (χ0n) is 7.90. The van der Waals surface area contributed by atoms with Crippen molar-refractivity contribution in [2.75, 3.05) is 9.86 Å². The van der Waals surface area contributed by atoms with E-state index in [1.807, 2.05) is 12.1 Å². The average molecular weight is 300 g/mol. The zero-order valence-corrected chi connectivity index (χ0v) is 10.1. The fraction of sp³-hybridized carbons (Fsp3) is 0.222. The van der Waals surface area contributed by atoms with Crippen molar-refractivity contribution >= 4 is 25.5 Å². The number of fused-ring (bicyclic) bond motifs is 1. The molecule has 0 fully saturated rings. The van der Waals surface area contributed by atoms with Gasteiger partial charge in [-0.3, -0.25) is 0 Å². The minimum atomic E-state index is -1.07. The Morgan fingerprint density at radius 2 is 2.21 bits per heavy atom. The molecule has 2 rings (SSSR count). The van der Waals surface area contributed by atoms with Gasteiger partial charge in [0, 0.05) is 0 Å². The van der Waals surface area contributed by atoms with Crippen LogP contribution in [0.15, 0.2) is 18.3 Å². The second-order valence-electron chi connectivity index (χ2n) is 2.94. The first-order valence-electron chi connectivity index (χ1n) is 3.97. The number of hydrogen-bond acceptors (Lipinski definition) is 3. The molecule has 14 heavy (non-hydrogen) atoms. The quantitative estimate of drug-likeness (QED) is 0.593. The third-order valence-corrected chi connectivity index (χ3v) is 4.62. The summed E-state index contributed by atoms with van der Waals surface area (Å²) in [4.78, 5) is 8.53. The Balaban J connectivity index is 2.69. The second kappa shape index (κ2) is 3.53. The first-order valence-corrected chi connectivity index (χ1v) is 9.36. The van der Waals surface area contributed by atoms with Crippen LogP contribution < -0.4 is 0 Å². The number of aromatic nitrogens is 3. The van der Waals surface area contributed by atoms with Gasteiger partial charge in [-0.2, -0.15) is 0 Å². The molecule has 0 bridgehead atoms. The van der Waals surface area contributed by atoms with Crippen molar-refractivity contribution in [3.8, 4) is 6.07 Å². The number of nitrogens with zero attached hydrogens (tertiary/aromatic N) is 4. The van der Waals surface area contributed by atoms with Crippen molar-refractivity contribution < 1.29 is 0 Å². The molecule has 2 aromatic rings. The van der Waals surface area contributed by atoms with Gasteiger partial charge in [-0.25, -0.2) is 0 Å². The molecular weight excluding hydrogens is 291 g/mol. The van der Waals surface area contributed by atoms with E-state index in [2.05, 4.69) is 26.0 Å². The summed E-state index contributed by atoms with van der Waals surface area (Å²) in [5.41, 5.74) is 1.24. The summed E-state index contributed by atoms with van der Waals surface area (Å²) in [6, 6.07) is 6.00. The fourth-order valence-electron chi connectivity index (χ4n) is 1.13. The van der Waals surface area contributed by atoms with E-state index in [0.717, 1.165) is 9.35 Å². The van der Waals surface area contributed by atoms with Gasteiger partial charge in [-0.05, 0) is 0 Å². The summed E-state index contributed by atoms with van der Waals surface area (Å²) in [5, 5.41) is 13.2. The standard InChI is InChI=1S/C9H9IN4/c1-10(2)8-3-4-9-12-6-7(5-11)14(9)13-8/h3-4,6H,1-2H3. The molecule has 0 spiro atoms. The summed E-state index contributed by atoms with van der Waals surface area (Å²) >= 11 is -1.07. The monoisotopic (exact) mass is 300 g/mol. The van der Waals surface area contributed by atoms with Crippen molar-refractivity contribution in [1.82, 2.24) is 14.6 Å². The van der Waals surface area contributed by atoms with Gasteiger partial charge in [0.05, 0.1) is 0 Å². The Bertz CT molecular complexity index is 509. The van der Waals surface area contributed by atoms with Gasteiger partial charge in [-0.1, -0.05) is 0 Å². The van der Waals surface area contributed by atoms with Crippen LogP contribution >= 0.6 is 19.8 Å². The number of nitriles is 1. The minimum absolute atomic E-state index is 0.500. The molecule has 0 unspecified atom stereocenters. The number of hydrogen-bond donors (Lipinski definition) is 0. The van der Waals surface area contributed by atoms with Gasteiger partial charge in [0.25, 0.3) is 0 Å². The van der Waals surface area contributed by atoms with Gasteiger partial charge in [0.15, 0.2) is 0 Å². The summed E-state index contributed by atoms with van der Waals surface area (Å²) in [6.07, 6.45) is 1.55. The molecule has 5 heteroatoms. The maximum absolute atomic E-state index is 8.82. The van der Waals surface area contributed by atoms with E-state index < -0.39 is 19.8 Å². The van der Waals surface area contributed by atoms with E-state index in [1.54, 1.807) is 10.7 Å². The molecular formula is C9H9IN4. The van der Waals surface area contributed by atoms with Crippen LogP contribution in [0.25, 0.3) is 5.65 Å². The molecule has 0 aromatic carbocycles. The second-order valence-corrected chi connectivity index (χ2v) is 8.36. The van der Waals surface area contributed by atoms with Crippen LogP contribution in [0.1, 0.15) is 5.69 Å². The molecule has 4 nitrogen and oxygen atoms in total. The van der Waals surface area contributed by atoms with Crippen LogP contribution in [0.4, 0.5) is 0 Å². The number of imidazole rings is 1. The molecule has 2 aromatic heterocycles. The topological polar surface area (TPSA) is 54.0 Å². The van der Waals surface area contributed by atoms with Gasteiger partial charge >= 0.3 is 89.0 Å². The van der Waals surface area contributed by atoms with Crippen LogP contribution in [-0.4, -0.2) is 24.5 Å². The average Bonchev–Trinajstić information content (AvgIpc) is 2.59. The van der Waals surface area contributed by atoms with E-state index in [-0.39, 0.29) is 0 Å². The molecule has 0 amide bonds. The predicted molar refractivity (Wildman–Crippen MR) is 62.3 cm³/mol. The predicted octanol–water partition coefficient (Wildman–Crippen LogP) is 1.54. The molecule has 0 radical (unpaired) electrons. The third kappa shape index (κ3) is 1.46. The Labute approximate surface area is 89.0 Å². The summed E-state index contributed by atoms with van der Waals surface area (Å²) < 4.78 is 2.74. The molecule has 0 aliphatic heterocycles. The van der Waals surface area contributed by atoms with E-state index in [4.69, 9.17) is 5.26 Å². The zero-order chi connectivity index (χ0) is 10.1. The maximum atomic E-state index is 8.82. The number of rotatable bonds is 1. The number of halogens is 1. The van der Waals surface area contributed by atoms with E-state index in [0.29, 0.717) is 5.69 Å². The molecule has 2 heterocycles. The first kappa shape index (κ1) is 9.40. The van der Waals surface area contributed by atoms with E-state index in [1.165, 1.54) is 0 Å². The third-order valence-electron chi connectivity index (χ3n) is 1.83. The SMILES string of the molecule is CI(C)c1ccc2ncc(C#N)n2n1. The molecule has 0 saturated carbocycles. The van der Waals surface area contributed by atoms with Crippen LogP contribution in [0.3, 0.4) is 0 Å². The van der Waals surface area contributed by atoms with Crippen molar-refractivity contribution in [2.24, 2.45) is 0 Å². The summed E-state index contributed by atoms with van der Waals surface area (Å²) in [6.45, 7) is 0. The van der Waals surface area contributed by atoms with Crippen LogP contribution in [-0.2, 0) is 0 Å². The molecule has 72 valence electrons. The van der Waals surface area contributed by atoms with E-state index >= 15 is 0 Å². The van der Waals surface area contributed by atoms with Crippen LogP contribution in [0, 0.1) is 15.0 Å². The van der Waals surface area contributed by atoms with Crippen LogP contribution in [0.2, 0.25) is 0 Å². The van der Waals surface area contributed by atoms with Gasteiger partial charge < -0.3 is 0 Å². The number of alkyl halides is 2. The van der Waals surface area contributed by atoms with E-state index in [9.17, 15) is 0 Å². The Hall–Kier alpha value is -1.16. The summed E-state index contributed by atoms with van der Waals surface area (Å²) in [5.74, 6) is 0. The van der Waals surface area contributed by atoms with Gasteiger partial charge in [-0.15, -0.1) is 0 Å². The molecule has 0 saturated heterocycles. The van der Waals surface area contributed by atoms with Gasteiger partial charge in [0.2, 0.25) is 0 Å². The van der Waals surface area contributed by atoms with Crippen molar-refractivity contribution in [2.45, 2.75) is 0 Å². The Morgan fingerprint density at radius 3 is 2.86 bits per heavy atom. The van der Waals surface area contributed by atoms with Crippen molar-refractivity contribution in [3.63, 3.8) is 0 Å². The molecule has 0 aliphatic rings. The van der Waals surface area contributed by atoms with Crippen molar-refractivity contribution in [3.05, 3.63) is 27.7 Å². The Kier molecular flexibility index (Phi) is 2.37. The van der Waals surface area contributed by atoms with Crippen LogP contribution in [0.5, 0.6) is 0 Å². The van der Waals surface area contributed by atoms with Gasteiger partial charge in [0.1, 0.15) is 0 Å².